The summed E-state index contributed by atoms with van der Waals surface area (Å²) in [5, 5.41) is 0.649. The highest BCUT2D eigenvalue weighted by Gasteiger charge is 2.14. The molecule has 7 heteroatoms. The van der Waals surface area contributed by atoms with Gasteiger partial charge in [0.2, 0.25) is 0 Å². The Kier molecular flexibility index (Phi) is 4.45. The standard InChI is InChI=1S/C20H15FN2O3S/c1-2-9-23-15-8-7-13(21)11-17(15)27-20(23)22-18(24)14-10-12-5-3-4-6-16(12)26-19(14)25/h3-8,10-11H,2,9H2,1H3. The SMILES string of the molecule is CCCn1c(=NC(=O)c2cc3ccccc3oc2=O)sc2cc(F)ccc21. The molecule has 5 nitrogen and oxygen atoms in total. The molecule has 2 heterocycles. The Labute approximate surface area is 157 Å². The third kappa shape index (κ3) is 3.21. The molecule has 0 aliphatic rings. The molecule has 2 aromatic carbocycles. The molecule has 4 rings (SSSR count). The minimum Gasteiger partial charge on any atom is -0.422 e. The average molecular weight is 382 g/mol. The molecule has 1 amide bonds. The normalized spacial score (nSPS) is 12.1. The molecular formula is C20H15FN2O3S. The van der Waals surface area contributed by atoms with Crippen LogP contribution in [0.2, 0.25) is 0 Å². The van der Waals surface area contributed by atoms with Crippen LogP contribution in [0.3, 0.4) is 0 Å². The summed E-state index contributed by atoms with van der Waals surface area (Å²) in [5.74, 6) is -1.02. The number of amides is 1. The lowest BCUT2D eigenvalue weighted by atomic mass is 10.2. The second-order valence-electron chi connectivity index (χ2n) is 6.05. The number of carbonyl (C=O) groups is 1. The van der Waals surface area contributed by atoms with Gasteiger partial charge in [-0.25, -0.2) is 9.18 Å². The quantitative estimate of drug-likeness (QED) is 0.501. The summed E-state index contributed by atoms with van der Waals surface area (Å²) in [4.78, 5) is 29.4. The third-order valence-electron chi connectivity index (χ3n) is 4.16. The van der Waals surface area contributed by atoms with E-state index in [2.05, 4.69) is 4.99 Å². The number of fused-ring (bicyclic) bond motifs is 2. The van der Waals surface area contributed by atoms with E-state index >= 15 is 0 Å². The first kappa shape index (κ1) is 17.4. The molecule has 2 aromatic heterocycles. The number of hydrogen-bond donors (Lipinski definition) is 0. The maximum absolute atomic E-state index is 13.5. The summed E-state index contributed by atoms with van der Waals surface area (Å²) in [6, 6.07) is 12.9. The Hall–Kier alpha value is -3.06. The second-order valence-corrected chi connectivity index (χ2v) is 7.06. The Morgan fingerprint density at radius 3 is 2.85 bits per heavy atom. The zero-order valence-corrected chi connectivity index (χ0v) is 15.3. The van der Waals surface area contributed by atoms with Gasteiger partial charge < -0.3 is 8.98 Å². The number of aromatic nitrogens is 1. The fraction of sp³-hybridized carbons (Fsp3) is 0.150. The highest BCUT2D eigenvalue weighted by atomic mass is 32.1. The maximum atomic E-state index is 13.5. The Bertz CT molecular complexity index is 1300. The van der Waals surface area contributed by atoms with Crippen LogP contribution in [-0.4, -0.2) is 10.5 Å². The van der Waals surface area contributed by atoms with Crippen LogP contribution < -0.4 is 10.4 Å². The molecule has 0 aliphatic carbocycles. The summed E-state index contributed by atoms with van der Waals surface area (Å²) in [7, 11) is 0. The summed E-state index contributed by atoms with van der Waals surface area (Å²) < 4.78 is 21.3. The van der Waals surface area contributed by atoms with Crippen LogP contribution >= 0.6 is 11.3 Å². The number of thiazole rings is 1. The molecule has 0 fully saturated rings. The third-order valence-corrected chi connectivity index (χ3v) is 5.20. The van der Waals surface area contributed by atoms with Crippen LogP contribution in [0.5, 0.6) is 0 Å². The molecule has 0 aliphatic heterocycles. The summed E-state index contributed by atoms with van der Waals surface area (Å²) >= 11 is 1.21. The van der Waals surface area contributed by atoms with Gasteiger partial charge in [0.05, 0.1) is 10.2 Å². The molecule has 0 saturated heterocycles. The number of rotatable bonds is 3. The van der Waals surface area contributed by atoms with E-state index in [0.717, 1.165) is 11.9 Å². The number of hydrogen-bond acceptors (Lipinski definition) is 4. The minimum atomic E-state index is -0.725. The number of aryl methyl sites for hydroxylation is 1. The van der Waals surface area contributed by atoms with Gasteiger partial charge in [-0.2, -0.15) is 4.99 Å². The van der Waals surface area contributed by atoms with Crippen molar-refractivity contribution in [2.24, 2.45) is 4.99 Å². The summed E-state index contributed by atoms with van der Waals surface area (Å²) in [5.41, 5.74) is 0.370. The van der Waals surface area contributed by atoms with Gasteiger partial charge in [0.1, 0.15) is 17.0 Å². The fourth-order valence-electron chi connectivity index (χ4n) is 2.93. The van der Waals surface area contributed by atoms with Gasteiger partial charge in [-0.05, 0) is 36.8 Å². The van der Waals surface area contributed by atoms with Crippen molar-refractivity contribution in [2.75, 3.05) is 0 Å². The molecule has 0 N–H and O–H groups in total. The van der Waals surface area contributed by atoms with Crippen molar-refractivity contribution in [3.63, 3.8) is 0 Å². The lowest BCUT2D eigenvalue weighted by Crippen LogP contribution is -2.19. The second kappa shape index (κ2) is 6.92. The van der Waals surface area contributed by atoms with Gasteiger partial charge in [-0.1, -0.05) is 36.5 Å². The first-order valence-corrected chi connectivity index (χ1v) is 9.29. The molecule has 0 atom stereocenters. The smallest absolute Gasteiger partial charge is 0.349 e. The van der Waals surface area contributed by atoms with Crippen molar-refractivity contribution >= 4 is 38.4 Å². The highest BCUT2D eigenvalue weighted by molar-refractivity contribution is 7.16. The van der Waals surface area contributed by atoms with Crippen molar-refractivity contribution < 1.29 is 13.6 Å². The topological polar surface area (TPSA) is 64.6 Å². The van der Waals surface area contributed by atoms with E-state index < -0.39 is 11.5 Å². The number of benzene rings is 2. The van der Waals surface area contributed by atoms with Crippen LogP contribution in [0, 0.1) is 5.82 Å². The largest absolute Gasteiger partial charge is 0.422 e. The lowest BCUT2D eigenvalue weighted by Gasteiger charge is -2.02. The monoisotopic (exact) mass is 382 g/mol. The van der Waals surface area contributed by atoms with Crippen molar-refractivity contribution in [1.82, 2.24) is 4.57 Å². The van der Waals surface area contributed by atoms with Gasteiger partial charge in [-0.15, -0.1) is 0 Å². The average Bonchev–Trinajstić information content (AvgIpc) is 2.97. The van der Waals surface area contributed by atoms with E-state index in [1.807, 2.05) is 11.5 Å². The van der Waals surface area contributed by atoms with Crippen LogP contribution in [0.4, 0.5) is 4.39 Å². The Morgan fingerprint density at radius 1 is 1.22 bits per heavy atom. The van der Waals surface area contributed by atoms with E-state index in [-0.39, 0.29) is 11.4 Å². The molecule has 4 aromatic rings. The molecule has 0 radical (unpaired) electrons. The van der Waals surface area contributed by atoms with Gasteiger partial charge in [-0.3, -0.25) is 4.79 Å². The number of nitrogens with zero attached hydrogens (tertiary/aromatic N) is 2. The number of halogens is 1. The van der Waals surface area contributed by atoms with Crippen LogP contribution in [0.1, 0.15) is 23.7 Å². The Balaban J connectivity index is 1.88. The van der Waals surface area contributed by atoms with Gasteiger partial charge in [0.25, 0.3) is 5.91 Å². The predicted molar refractivity (Wildman–Crippen MR) is 102 cm³/mol. The van der Waals surface area contributed by atoms with Crippen molar-refractivity contribution in [2.45, 2.75) is 19.9 Å². The van der Waals surface area contributed by atoms with E-state index in [4.69, 9.17) is 4.42 Å². The van der Waals surface area contributed by atoms with E-state index in [9.17, 15) is 14.0 Å². The number of para-hydroxylation sites is 1. The molecule has 0 unspecified atom stereocenters. The maximum Gasteiger partial charge on any atom is 0.349 e. The molecule has 27 heavy (non-hydrogen) atoms. The molecular weight excluding hydrogens is 367 g/mol. The Morgan fingerprint density at radius 2 is 2.04 bits per heavy atom. The molecule has 0 spiro atoms. The minimum absolute atomic E-state index is 0.125. The lowest BCUT2D eigenvalue weighted by molar-refractivity contribution is 0.0994. The zero-order chi connectivity index (χ0) is 19.0. The highest BCUT2D eigenvalue weighted by Crippen LogP contribution is 2.19. The fourth-order valence-corrected chi connectivity index (χ4v) is 4.01. The summed E-state index contributed by atoms with van der Waals surface area (Å²) in [6.07, 6.45) is 0.822. The molecule has 0 saturated carbocycles. The molecule has 0 bridgehead atoms. The predicted octanol–water partition coefficient (Wildman–Crippen LogP) is 4.10. The first-order valence-electron chi connectivity index (χ1n) is 8.47. The van der Waals surface area contributed by atoms with E-state index in [1.54, 1.807) is 30.3 Å². The van der Waals surface area contributed by atoms with Gasteiger partial charge in [0, 0.05) is 11.9 Å². The van der Waals surface area contributed by atoms with Crippen molar-refractivity contribution in [3.05, 3.63) is 75.1 Å². The summed E-state index contributed by atoms with van der Waals surface area (Å²) in [6.45, 7) is 2.63. The molecule has 136 valence electrons. The van der Waals surface area contributed by atoms with Crippen molar-refractivity contribution in [3.8, 4) is 0 Å². The van der Waals surface area contributed by atoms with Crippen molar-refractivity contribution in [1.29, 1.82) is 0 Å². The van der Waals surface area contributed by atoms with Crippen LogP contribution in [0.15, 0.2) is 62.7 Å². The van der Waals surface area contributed by atoms with E-state index in [0.29, 0.717) is 27.0 Å². The number of carbonyl (C=O) groups excluding carboxylic acids is 1. The van der Waals surface area contributed by atoms with Crippen LogP contribution in [-0.2, 0) is 6.54 Å². The van der Waals surface area contributed by atoms with Gasteiger partial charge in [0.15, 0.2) is 4.80 Å². The first-order chi connectivity index (χ1) is 13.1. The zero-order valence-electron chi connectivity index (χ0n) is 14.4. The van der Waals surface area contributed by atoms with E-state index in [1.165, 1.54) is 29.5 Å². The van der Waals surface area contributed by atoms with Gasteiger partial charge >= 0.3 is 5.63 Å². The van der Waals surface area contributed by atoms with Crippen LogP contribution in [0.25, 0.3) is 21.2 Å².